The Morgan fingerprint density at radius 2 is 2.13 bits per heavy atom. The van der Waals surface area contributed by atoms with Crippen molar-refractivity contribution in [3.05, 3.63) is 45.9 Å². The van der Waals surface area contributed by atoms with Crippen LogP contribution in [-0.4, -0.2) is 20.9 Å². The van der Waals surface area contributed by atoms with Gasteiger partial charge in [-0.25, -0.2) is 9.97 Å². The van der Waals surface area contributed by atoms with Crippen molar-refractivity contribution in [3.8, 4) is 10.7 Å². The number of pyridine rings is 1. The first-order chi connectivity index (χ1) is 11.1. The summed E-state index contributed by atoms with van der Waals surface area (Å²) in [5.41, 5.74) is 3.33. The van der Waals surface area contributed by atoms with E-state index in [1.807, 2.05) is 23.6 Å². The molecule has 0 saturated carbocycles. The number of nitrogens with zero attached hydrogens (tertiary/aromatic N) is 3. The predicted molar refractivity (Wildman–Crippen MR) is 93.9 cm³/mol. The van der Waals surface area contributed by atoms with E-state index in [-0.39, 0.29) is 12.3 Å². The molecule has 0 saturated heterocycles. The Balaban J connectivity index is 1.67. The van der Waals surface area contributed by atoms with Gasteiger partial charge in [-0.05, 0) is 18.1 Å². The molecule has 0 radical (unpaired) electrons. The van der Waals surface area contributed by atoms with Crippen LogP contribution >= 0.6 is 22.7 Å². The highest BCUT2D eigenvalue weighted by Crippen LogP contribution is 2.27. The van der Waals surface area contributed by atoms with Crippen LogP contribution in [0.4, 0.5) is 5.82 Å². The van der Waals surface area contributed by atoms with Crippen LogP contribution in [-0.2, 0) is 11.2 Å². The SMILES string of the molecule is CC(C)c1scnc1NC(=O)Cc1csc(-c2ccccn2)n1. The molecule has 1 amide bonds. The maximum Gasteiger partial charge on any atom is 0.231 e. The zero-order valence-corrected chi connectivity index (χ0v) is 14.4. The first-order valence-corrected chi connectivity index (χ1v) is 8.98. The molecular weight excluding hydrogens is 328 g/mol. The number of rotatable bonds is 5. The second kappa shape index (κ2) is 6.97. The topological polar surface area (TPSA) is 67.8 Å². The molecule has 5 nitrogen and oxygen atoms in total. The second-order valence-electron chi connectivity index (χ2n) is 5.30. The quantitative estimate of drug-likeness (QED) is 0.760. The first-order valence-electron chi connectivity index (χ1n) is 7.22. The summed E-state index contributed by atoms with van der Waals surface area (Å²) in [5.74, 6) is 0.902. The summed E-state index contributed by atoms with van der Waals surface area (Å²) in [7, 11) is 0. The number of hydrogen-bond donors (Lipinski definition) is 1. The summed E-state index contributed by atoms with van der Waals surface area (Å²) in [6.45, 7) is 4.17. The third-order valence-electron chi connectivity index (χ3n) is 3.15. The number of nitrogens with one attached hydrogen (secondary N) is 1. The molecule has 7 heteroatoms. The van der Waals surface area contributed by atoms with E-state index >= 15 is 0 Å². The van der Waals surface area contributed by atoms with E-state index in [9.17, 15) is 4.79 Å². The van der Waals surface area contributed by atoms with Gasteiger partial charge in [-0.1, -0.05) is 19.9 Å². The maximum absolute atomic E-state index is 12.2. The fourth-order valence-corrected chi connectivity index (χ4v) is 3.65. The van der Waals surface area contributed by atoms with Crippen molar-refractivity contribution in [3.63, 3.8) is 0 Å². The van der Waals surface area contributed by atoms with Crippen molar-refractivity contribution in [1.82, 2.24) is 15.0 Å². The van der Waals surface area contributed by atoms with Gasteiger partial charge in [0, 0.05) is 11.6 Å². The summed E-state index contributed by atoms with van der Waals surface area (Å²) < 4.78 is 0. The standard InChI is InChI=1S/C16H16N4OS2/c1-10(2)14-15(18-9-23-14)20-13(21)7-11-8-22-16(19-11)12-5-3-4-6-17-12/h3-6,8-10H,7H2,1-2H3,(H,20,21). The van der Waals surface area contributed by atoms with E-state index in [2.05, 4.69) is 34.1 Å². The predicted octanol–water partition coefficient (Wildman–Crippen LogP) is 3.97. The van der Waals surface area contributed by atoms with Crippen molar-refractivity contribution < 1.29 is 4.79 Å². The van der Waals surface area contributed by atoms with Gasteiger partial charge in [0.05, 0.1) is 28.2 Å². The van der Waals surface area contributed by atoms with E-state index in [1.165, 1.54) is 11.3 Å². The Kier molecular flexibility index (Phi) is 4.78. The Morgan fingerprint density at radius 1 is 1.26 bits per heavy atom. The lowest BCUT2D eigenvalue weighted by Gasteiger charge is -2.06. The molecular formula is C16H16N4OS2. The van der Waals surface area contributed by atoms with Crippen molar-refractivity contribution in [1.29, 1.82) is 0 Å². The summed E-state index contributed by atoms with van der Waals surface area (Å²) in [4.78, 5) is 26.3. The van der Waals surface area contributed by atoms with Gasteiger partial charge in [0.2, 0.25) is 5.91 Å². The highest BCUT2D eigenvalue weighted by Gasteiger charge is 2.14. The molecule has 1 N–H and O–H groups in total. The van der Waals surface area contributed by atoms with Crippen molar-refractivity contribution in [2.24, 2.45) is 0 Å². The van der Waals surface area contributed by atoms with Crippen LogP contribution in [0.5, 0.6) is 0 Å². The van der Waals surface area contributed by atoms with Crippen molar-refractivity contribution in [2.75, 3.05) is 5.32 Å². The zero-order valence-electron chi connectivity index (χ0n) is 12.8. The first kappa shape index (κ1) is 15.8. The van der Waals surface area contributed by atoms with Crippen LogP contribution in [0.15, 0.2) is 35.3 Å². The minimum atomic E-state index is -0.101. The number of amides is 1. The zero-order chi connectivity index (χ0) is 16.2. The lowest BCUT2D eigenvalue weighted by atomic mass is 10.2. The third kappa shape index (κ3) is 3.80. The van der Waals surface area contributed by atoms with E-state index in [4.69, 9.17) is 0 Å². The lowest BCUT2D eigenvalue weighted by molar-refractivity contribution is -0.115. The van der Waals surface area contributed by atoms with Crippen LogP contribution in [0, 0.1) is 0 Å². The summed E-state index contributed by atoms with van der Waals surface area (Å²) in [5, 5.41) is 5.60. The van der Waals surface area contributed by atoms with Crippen molar-refractivity contribution in [2.45, 2.75) is 26.2 Å². The normalized spacial score (nSPS) is 10.9. The summed E-state index contributed by atoms with van der Waals surface area (Å²) in [6.07, 6.45) is 1.97. The number of carbonyl (C=O) groups is 1. The largest absolute Gasteiger partial charge is 0.309 e. The molecule has 0 bridgehead atoms. The van der Waals surface area contributed by atoms with Crippen LogP contribution in [0.1, 0.15) is 30.3 Å². The minimum Gasteiger partial charge on any atom is -0.309 e. The molecule has 3 aromatic heterocycles. The van der Waals surface area contributed by atoms with Crippen LogP contribution < -0.4 is 5.32 Å². The molecule has 23 heavy (non-hydrogen) atoms. The molecule has 0 fully saturated rings. The molecule has 0 atom stereocenters. The fourth-order valence-electron chi connectivity index (χ4n) is 2.09. The van der Waals surface area contributed by atoms with Gasteiger partial charge in [0.25, 0.3) is 0 Å². The van der Waals surface area contributed by atoms with Crippen molar-refractivity contribution >= 4 is 34.4 Å². The van der Waals surface area contributed by atoms with Gasteiger partial charge in [0.15, 0.2) is 0 Å². The van der Waals surface area contributed by atoms with E-state index < -0.39 is 0 Å². The number of thiazole rings is 2. The molecule has 0 aliphatic carbocycles. The van der Waals surface area contributed by atoms with Gasteiger partial charge >= 0.3 is 0 Å². The average Bonchev–Trinajstić information content (AvgIpc) is 3.17. The Bertz CT molecular complexity index is 795. The van der Waals surface area contributed by atoms with Gasteiger partial charge in [-0.2, -0.15) is 0 Å². The number of anilines is 1. The molecule has 118 valence electrons. The average molecular weight is 344 g/mol. The maximum atomic E-state index is 12.2. The Labute approximate surface area is 142 Å². The summed E-state index contributed by atoms with van der Waals surface area (Å²) >= 11 is 3.05. The van der Waals surface area contributed by atoms with Gasteiger partial charge < -0.3 is 5.32 Å². The number of aromatic nitrogens is 3. The van der Waals surface area contributed by atoms with Crippen LogP contribution in [0.3, 0.4) is 0 Å². The van der Waals surface area contributed by atoms with Crippen LogP contribution in [0.2, 0.25) is 0 Å². The molecule has 0 aliphatic rings. The molecule has 3 heterocycles. The van der Waals surface area contributed by atoms with Gasteiger partial charge in [-0.3, -0.25) is 9.78 Å². The minimum absolute atomic E-state index is 0.101. The molecule has 0 aromatic carbocycles. The Hall–Kier alpha value is -2.12. The molecule has 3 aromatic rings. The fraction of sp³-hybridized carbons (Fsp3) is 0.250. The van der Waals surface area contributed by atoms with Gasteiger partial charge in [0.1, 0.15) is 10.8 Å². The third-order valence-corrected chi connectivity index (χ3v) is 5.20. The smallest absolute Gasteiger partial charge is 0.231 e. The molecule has 0 spiro atoms. The highest BCUT2D eigenvalue weighted by molar-refractivity contribution is 7.13. The molecule has 0 aliphatic heterocycles. The van der Waals surface area contributed by atoms with E-state index in [0.717, 1.165) is 21.3 Å². The van der Waals surface area contributed by atoms with Crippen LogP contribution in [0.25, 0.3) is 10.7 Å². The highest BCUT2D eigenvalue weighted by atomic mass is 32.1. The molecule has 0 unspecified atom stereocenters. The monoisotopic (exact) mass is 344 g/mol. The second-order valence-corrected chi connectivity index (χ2v) is 7.05. The molecule has 3 rings (SSSR count). The Morgan fingerprint density at radius 3 is 2.87 bits per heavy atom. The number of carbonyl (C=O) groups excluding carboxylic acids is 1. The van der Waals surface area contributed by atoms with E-state index in [1.54, 1.807) is 23.0 Å². The van der Waals surface area contributed by atoms with E-state index in [0.29, 0.717) is 11.7 Å². The summed E-state index contributed by atoms with van der Waals surface area (Å²) in [6, 6.07) is 5.70. The lowest BCUT2D eigenvalue weighted by Crippen LogP contribution is -2.16. The van der Waals surface area contributed by atoms with Gasteiger partial charge in [-0.15, -0.1) is 22.7 Å². The number of hydrogen-bond acceptors (Lipinski definition) is 6.